The molecule has 0 fully saturated rings. The largest absolute Gasteiger partial charge is 0.494 e. The van der Waals surface area contributed by atoms with Crippen LogP contribution in [-0.2, 0) is 9.53 Å². The maximum absolute atomic E-state index is 11.5. The van der Waals surface area contributed by atoms with E-state index in [9.17, 15) is 9.59 Å². The Balaban J connectivity index is 2.81. The highest BCUT2D eigenvalue weighted by Gasteiger charge is 2.11. The third-order valence-corrected chi connectivity index (χ3v) is 1.82. The van der Waals surface area contributed by atoms with Gasteiger partial charge in [0.1, 0.15) is 5.75 Å². The third-order valence-electron chi connectivity index (χ3n) is 1.82. The van der Waals surface area contributed by atoms with Crippen LogP contribution in [-0.4, -0.2) is 25.1 Å². The van der Waals surface area contributed by atoms with Crippen LogP contribution in [0.15, 0.2) is 18.2 Å². The van der Waals surface area contributed by atoms with Gasteiger partial charge in [-0.3, -0.25) is 4.79 Å². The molecule has 0 aliphatic rings. The van der Waals surface area contributed by atoms with Crippen LogP contribution < -0.4 is 16.2 Å². The fraction of sp³-hybridized carbons (Fsp3) is 0.273. The molecule has 1 aromatic rings. The van der Waals surface area contributed by atoms with Crippen LogP contribution in [0.3, 0.4) is 0 Å². The number of hydrogen-bond acceptors (Lipinski definition) is 5. The zero-order valence-corrected chi connectivity index (χ0v) is 9.43. The molecule has 1 rings (SSSR count). The number of carbonyl (C=O) groups excluding carboxylic acids is 2. The Morgan fingerprint density at radius 3 is 2.59 bits per heavy atom. The van der Waals surface area contributed by atoms with Crippen LogP contribution in [0.4, 0.5) is 5.69 Å². The molecule has 0 aliphatic heterocycles. The summed E-state index contributed by atoms with van der Waals surface area (Å²) < 4.78 is 9.88. The van der Waals surface area contributed by atoms with Crippen molar-refractivity contribution in [3.05, 3.63) is 23.8 Å². The van der Waals surface area contributed by atoms with Crippen molar-refractivity contribution in [3.63, 3.8) is 0 Å². The zero-order chi connectivity index (χ0) is 12.8. The lowest BCUT2D eigenvalue weighted by Crippen LogP contribution is -2.21. The van der Waals surface area contributed by atoms with Crippen LogP contribution in [0.5, 0.6) is 5.75 Å². The molecule has 4 N–H and O–H groups in total. The molecule has 0 saturated carbocycles. The molecule has 0 spiro atoms. The number of benzene rings is 1. The lowest BCUT2D eigenvalue weighted by Gasteiger charge is -2.07. The predicted octanol–water partition coefficient (Wildman–Crippen LogP) is 0.310. The Kier molecular flexibility index (Phi) is 4.33. The average Bonchev–Trinajstić information content (AvgIpc) is 2.25. The number of anilines is 1. The first-order valence-corrected chi connectivity index (χ1v) is 5.01. The second-order valence-electron chi connectivity index (χ2n) is 3.27. The van der Waals surface area contributed by atoms with Crippen molar-refractivity contribution in [1.29, 1.82) is 0 Å². The van der Waals surface area contributed by atoms with E-state index in [1.54, 1.807) is 6.07 Å². The minimum absolute atomic E-state index is 0.217. The number of hydrogen-bond donors (Lipinski definition) is 2. The monoisotopic (exact) mass is 238 g/mol. The van der Waals surface area contributed by atoms with Crippen LogP contribution in [0.25, 0.3) is 0 Å². The third kappa shape index (κ3) is 4.02. The first-order valence-electron chi connectivity index (χ1n) is 5.01. The molecule has 0 saturated heterocycles. The fourth-order valence-electron chi connectivity index (χ4n) is 1.21. The van der Waals surface area contributed by atoms with E-state index in [1.807, 2.05) is 6.92 Å². The van der Waals surface area contributed by atoms with E-state index in [4.69, 9.17) is 16.2 Å². The Bertz CT molecular complexity index is 431. The first-order chi connectivity index (χ1) is 8.02. The van der Waals surface area contributed by atoms with Gasteiger partial charge in [0.2, 0.25) is 0 Å². The first kappa shape index (κ1) is 12.8. The summed E-state index contributed by atoms with van der Waals surface area (Å²) in [5, 5.41) is 0. The SMILES string of the molecule is CCOc1cc(N)cc(C(=O)OCC(N)=O)c1. The van der Waals surface area contributed by atoms with Gasteiger partial charge in [-0.2, -0.15) is 0 Å². The smallest absolute Gasteiger partial charge is 0.338 e. The Morgan fingerprint density at radius 2 is 2.00 bits per heavy atom. The van der Waals surface area contributed by atoms with E-state index in [-0.39, 0.29) is 5.56 Å². The van der Waals surface area contributed by atoms with E-state index < -0.39 is 18.5 Å². The molecule has 0 radical (unpaired) electrons. The minimum atomic E-state index is -0.715. The maximum atomic E-state index is 11.5. The van der Waals surface area contributed by atoms with Crippen LogP contribution in [0, 0.1) is 0 Å². The fourth-order valence-corrected chi connectivity index (χ4v) is 1.21. The standard InChI is InChI=1S/C11H14N2O4/c1-2-16-9-4-7(3-8(12)5-9)11(15)17-6-10(13)14/h3-5H,2,6,12H2,1H3,(H2,13,14). The molecule has 0 atom stereocenters. The number of carbonyl (C=O) groups is 2. The maximum Gasteiger partial charge on any atom is 0.338 e. The van der Waals surface area contributed by atoms with Crippen molar-refractivity contribution in [2.24, 2.45) is 5.73 Å². The molecule has 0 heterocycles. The number of rotatable bonds is 5. The van der Waals surface area contributed by atoms with Gasteiger partial charge in [0.05, 0.1) is 12.2 Å². The highest BCUT2D eigenvalue weighted by molar-refractivity contribution is 5.92. The summed E-state index contributed by atoms with van der Waals surface area (Å²) in [6, 6.07) is 4.52. The molecule has 1 amide bonds. The molecule has 0 unspecified atom stereocenters. The van der Waals surface area contributed by atoms with Crippen molar-refractivity contribution >= 4 is 17.6 Å². The van der Waals surface area contributed by atoms with Gasteiger partial charge < -0.3 is 20.9 Å². The summed E-state index contributed by atoms with van der Waals surface area (Å²) >= 11 is 0. The zero-order valence-electron chi connectivity index (χ0n) is 9.43. The molecule has 1 aromatic carbocycles. The van der Waals surface area contributed by atoms with Crippen molar-refractivity contribution in [1.82, 2.24) is 0 Å². The summed E-state index contributed by atoms with van der Waals surface area (Å²) in [5.74, 6) is -0.914. The van der Waals surface area contributed by atoms with Gasteiger partial charge in [0, 0.05) is 11.8 Å². The van der Waals surface area contributed by atoms with E-state index in [1.165, 1.54) is 12.1 Å². The highest BCUT2D eigenvalue weighted by atomic mass is 16.5. The highest BCUT2D eigenvalue weighted by Crippen LogP contribution is 2.19. The normalized spacial score (nSPS) is 9.71. The molecule has 0 aliphatic carbocycles. The summed E-state index contributed by atoms with van der Waals surface area (Å²) in [6.07, 6.45) is 0. The molecule has 6 heteroatoms. The summed E-state index contributed by atoms with van der Waals surface area (Å²) in [6.45, 7) is 1.81. The Labute approximate surface area is 98.5 Å². The van der Waals surface area contributed by atoms with Crippen molar-refractivity contribution in [2.75, 3.05) is 18.9 Å². The van der Waals surface area contributed by atoms with Crippen LogP contribution in [0.2, 0.25) is 0 Å². The molecule has 0 bridgehead atoms. The van der Waals surface area contributed by atoms with E-state index in [0.29, 0.717) is 18.0 Å². The number of esters is 1. The number of amides is 1. The van der Waals surface area contributed by atoms with Crippen molar-refractivity contribution in [2.45, 2.75) is 6.92 Å². The van der Waals surface area contributed by atoms with Gasteiger partial charge >= 0.3 is 5.97 Å². The van der Waals surface area contributed by atoms with Crippen molar-refractivity contribution < 1.29 is 19.1 Å². The van der Waals surface area contributed by atoms with Gasteiger partial charge in [-0.25, -0.2) is 4.79 Å². The second-order valence-corrected chi connectivity index (χ2v) is 3.27. The predicted molar refractivity (Wildman–Crippen MR) is 61.5 cm³/mol. The van der Waals surface area contributed by atoms with Gasteiger partial charge in [0.25, 0.3) is 5.91 Å². The van der Waals surface area contributed by atoms with Crippen LogP contribution >= 0.6 is 0 Å². The minimum Gasteiger partial charge on any atom is -0.494 e. The van der Waals surface area contributed by atoms with E-state index in [0.717, 1.165) is 0 Å². The lowest BCUT2D eigenvalue weighted by atomic mass is 10.2. The number of nitrogens with two attached hydrogens (primary N) is 2. The Morgan fingerprint density at radius 1 is 1.29 bits per heavy atom. The van der Waals surface area contributed by atoms with Gasteiger partial charge in [-0.15, -0.1) is 0 Å². The molecular formula is C11H14N2O4. The lowest BCUT2D eigenvalue weighted by molar-refractivity contribution is -0.121. The molecule has 92 valence electrons. The van der Waals surface area contributed by atoms with Gasteiger partial charge in [0.15, 0.2) is 6.61 Å². The van der Waals surface area contributed by atoms with Gasteiger partial charge in [-0.1, -0.05) is 0 Å². The second kappa shape index (κ2) is 5.74. The number of nitrogen functional groups attached to an aromatic ring is 1. The number of ether oxygens (including phenoxy) is 2. The quantitative estimate of drug-likeness (QED) is 0.567. The molecule has 6 nitrogen and oxygen atoms in total. The van der Waals surface area contributed by atoms with E-state index >= 15 is 0 Å². The molecular weight excluding hydrogens is 224 g/mol. The number of primary amides is 1. The van der Waals surface area contributed by atoms with Gasteiger partial charge in [-0.05, 0) is 19.1 Å². The van der Waals surface area contributed by atoms with Crippen molar-refractivity contribution in [3.8, 4) is 5.75 Å². The van der Waals surface area contributed by atoms with Crippen LogP contribution in [0.1, 0.15) is 17.3 Å². The molecule has 17 heavy (non-hydrogen) atoms. The molecule has 0 aromatic heterocycles. The summed E-state index contributed by atoms with van der Waals surface area (Å²) in [7, 11) is 0. The summed E-state index contributed by atoms with van der Waals surface area (Å²) in [4.78, 5) is 22.0. The Hall–Kier alpha value is -2.24. The van der Waals surface area contributed by atoms with E-state index in [2.05, 4.69) is 4.74 Å². The average molecular weight is 238 g/mol. The summed E-state index contributed by atoms with van der Waals surface area (Å²) in [5.41, 5.74) is 11.1. The topological polar surface area (TPSA) is 105 Å².